The van der Waals surface area contributed by atoms with E-state index in [9.17, 15) is 0 Å². The summed E-state index contributed by atoms with van der Waals surface area (Å²) in [5, 5.41) is 0. The van der Waals surface area contributed by atoms with Crippen molar-refractivity contribution in [3.05, 3.63) is 0 Å². The summed E-state index contributed by atoms with van der Waals surface area (Å²) in [5.41, 5.74) is 7.42. The molecule has 1 aliphatic heterocycles. The molecular formula is C21H36N6O2. The van der Waals surface area contributed by atoms with Crippen LogP contribution in [0.1, 0.15) is 59.8 Å². The Morgan fingerprint density at radius 1 is 1.21 bits per heavy atom. The van der Waals surface area contributed by atoms with Crippen molar-refractivity contribution < 1.29 is 9.47 Å². The number of nitrogens with two attached hydrogens (primary N) is 1. The Bertz CT molecular complexity index is 806. The zero-order valence-electron chi connectivity index (χ0n) is 18.5. The Morgan fingerprint density at radius 3 is 2.69 bits per heavy atom. The molecule has 3 heterocycles. The van der Waals surface area contributed by atoms with Crippen LogP contribution in [0.4, 0.5) is 5.82 Å². The molecule has 29 heavy (non-hydrogen) atoms. The third kappa shape index (κ3) is 5.10. The molecule has 0 amide bonds. The Balaban J connectivity index is 1.81. The molecule has 0 aliphatic carbocycles. The monoisotopic (exact) mass is 404 g/mol. The molecule has 1 aliphatic rings. The van der Waals surface area contributed by atoms with Gasteiger partial charge in [-0.3, -0.25) is 4.57 Å². The van der Waals surface area contributed by atoms with Gasteiger partial charge in [0.2, 0.25) is 0 Å². The second-order valence-corrected chi connectivity index (χ2v) is 8.42. The van der Waals surface area contributed by atoms with Gasteiger partial charge in [0.1, 0.15) is 0 Å². The molecule has 2 unspecified atom stereocenters. The second-order valence-electron chi connectivity index (χ2n) is 8.42. The van der Waals surface area contributed by atoms with E-state index in [1.54, 1.807) is 7.11 Å². The highest BCUT2D eigenvalue weighted by atomic mass is 16.5. The Kier molecular flexibility index (Phi) is 7.16. The number of imidazole rings is 1. The molecule has 0 spiro atoms. The number of anilines is 1. The van der Waals surface area contributed by atoms with Crippen LogP contribution in [0.2, 0.25) is 0 Å². The van der Waals surface area contributed by atoms with Crippen molar-refractivity contribution >= 4 is 17.0 Å². The first-order chi connectivity index (χ1) is 13.9. The number of ether oxygens (including phenoxy) is 2. The van der Waals surface area contributed by atoms with Crippen LogP contribution in [0.25, 0.3) is 11.2 Å². The average molecular weight is 405 g/mol. The van der Waals surface area contributed by atoms with E-state index in [0.29, 0.717) is 41.0 Å². The zero-order valence-corrected chi connectivity index (χ0v) is 18.5. The van der Waals surface area contributed by atoms with E-state index in [0.717, 1.165) is 32.4 Å². The van der Waals surface area contributed by atoms with Gasteiger partial charge in [-0.25, -0.2) is 0 Å². The fraction of sp³-hybridized carbons (Fsp3) is 0.762. The van der Waals surface area contributed by atoms with Crippen molar-refractivity contribution in [2.45, 2.75) is 78.5 Å². The van der Waals surface area contributed by atoms with Gasteiger partial charge in [-0.2, -0.15) is 15.0 Å². The van der Waals surface area contributed by atoms with Crippen LogP contribution >= 0.6 is 0 Å². The molecule has 1 fully saturated rings. The highest BCUT2D eigenvalue weighted by molar-refractivity contribution is 5.83. The number of nitrogens with zero attached hydrogens (tertiary/aromatic N) is 5. The fourth-order valence-electron chi connectivity index (χ4n) is 4.15. The van der Waals surface area contributed by atoms with Crippen LogP contribution in [-0.2, 0) is 6.54 Å². The van der Waals surface area contributed by atoms with E-state index < -0.39 is 0 Å². The summed E-state index contributed by atoms with van der Waals surface area (Å²) in [6, 6.07) is 1.43. The molecule has 0 radical (unpaired) electrons. The minimum atomic E-state index is 0.0411. The normalized spacial score (nSPS) is 19.0. The highest BCUT2D eigenvalue weighted by Crippen LogP contribution is 2.28. The fourth-order valence-corrected chi connectivity index (χ4v) is 4.15. The highest BCUT2D eigenvalue weighted by Gasteiger charge is 2.23. The van der Waals surface area contributed by atoms with Crippen molar-refractivity contribution in [2.24, 2.45) is 5.92 Å². The maximum Gasteiger partial charge on any atom is 0.320 e. The topological polar surface area (TPSA) is 91.3 Å². The van der Waals surface area contributed by atoms with Crippen molar-refractivity contribution in [3.8, 4) is 12.0 Å². The molecule has 2 N–H and O–H groups in total. The Labute approximate surface area is 173 Å². The maximum atomic E-state index is 6.16. The van der Waals surface area contributed by atoms with Crippen molar-refractivity contribution in [1.29, 1.82) is 0 Å². The van der Waals surface area contributed by atoms with Gasteiger partial charge in [0.25, 0.3) is 6.01 Å². The minimum absolute atomic E-state index is 0.0411. The van der Waals surface area contributed by atoms with Crippen LogP contribution in [0.3, 0.4) is 0 Å². The molecule has 0 bridgehead atoms. The smallest absolute Gasteiger partial charge is 0.320 e. The van der Waals surface area contributed by atoms with E-state index in [-0.39, 0.29) is 6.10 Å². The molecule has 8 heteroatoms. The third-order valence-electron chi connectivity index (χ3n) is 5.79. The van der Waals surface area contributed by atoms with E-state index >= 15 is 0 Å². The molecule has 2 aromatic rings. The average Bonchev–Trinajstić information content (AvgIpc) is 3.05. The molecule has 0 saturated carbocycles. The number of piperidine rings is 1. The quantitative estimate of drug-likeness (QED) is 0.684. The summed E-state index contributed by atoms with van der Waals surface area (Å²) >= 11 is 0. The number of hydrogen-bond acceptors (Lipinski definition) is 7. The number of hydrogen-bond donors (Lipinski definition) is 1. The lowest BCUT2D eigenvalue weighted by Gasteiger charge is -2.35. The standard InChI is InChI=1S/C21H36N6O2/c1-6-8-15(4)29-20-24-18(22)17-19(25-20)27(21(23-17)28-5)12-10-16-9-7-11-26(13-16)14(2)3/h14-16H,6-13H2,1-5H3,(H2,22,24,25). The van der Waals surface area contributed by atoms with Gasteiger partial charge in [0, 0.05) is 19.1 Å². The van der Waals surface area contributed by atoms with E-state index in [2.05, 4.69) is 40.6 Å². The van der Waals surface area contributed by atoms with Gasteiger partial charge >= 0.3 is 6.01 Å². The molecular weight excluding hydrogens is 368 g/mol. The van der Waals surface area contributed by atoms with Crippen LogP contribution in [0.15, 0.2) is 0 Å². The van der Waals surface area contributed by atoms with Gasteiger partial charge in [-0.15, -0.1) is 0 Å². The lowest BCUT2D eigenvalue weighted by atomic mass is 9.94. The number of fused-ring (bicyclic) bond motifs is 1. The van der Waals surface area contributed by atoms with Crippen molar-refractivity contribution in [3.63, 3.8) is 0 Å². The first-order valence-electron chi connectivity index (χ1n) is 10.9. The summed E-state index contributed by atoms with van der Waals surface area (Å²) in [6.07, 6.45) is 5.60. The Hall–Kier alpha value is -2.09. The van der Waals surface area contributed by atoms with Crippen LogP contribution < -0.4 is 15.2 Å². The van der Waals surface area contributed by atoms with Gasteiger partial charge < -0.3 is 20.1 Å². The lowest BCUT2D eigenvalue weighted by Crippen LogP contribution is -2.40. The summed E-state index contributed by atoms with van der Waals surface area (Å²) in [7, 11) is 1.63. The molecule has 162 valence electrons. The van der Waals surface area contributed by atoms with Gasteiger partial charge in [-0.05, 0) is 58.9 Å². The van der Waals surface area contributed by atoms with Crippen molar-refractivity contribution in [2.75, 3.05) is 25.9 Å². The summed E-state index contributed by atoms with van der Waals surface area (Å²) in [4.78, 5) is 16.0. The molecule has 2 atom stereocenters. The van der Waals surface area contributed by atoms with Crippen molar-refractivity contribution in [1.82, 2.24) is 24.4 Å². The number of likely N-dealkylation sites (tertiary alicyclic amines) is 1. The summed E-state index contributed by atoms with van der Waals surface area (Å²) < 4.78 is 13.4. The summed E-state index contributed by atoms with van der Waals surface area (Å²) in [5.74, 6) is 0.988. The molecule has 8 nitrogen and oxygen atoms in total. The zero-order chi connectivity index (χ0) is 21.0. The Morgan fingerprint density at radius 2 is 2.00 bits per heavy atom. The van der Waals surface area contributed by atoms with E-state index in [1.165, 1.54) is 19.4 Å². The summed E-state index contributed by atoms with van der Waals surface area (Å²) in [6.45, 7) is 11.8. The number of nitrogen functional groups attached to an aromatic ring is 1. The van der Waals surface area contributed by atoms with Gasteiger partial charge in [-0.1, -0.05) is 13.3 Å². The van der Waals surface area contributed by atoms with Crippen LogP contribution in [0, 0.1) is 5.92 Å². The van der Waals surface area contributed by atoms with Gasteiger partial charge in [0.05, 0.1) is 13.2 Å². The minimum Gasteiger partial charge on any atom is -0.468 e. The van der Waals surface area contributed by atoms with Crippen LogP contribution in [0.5, 0.6) is 12.0 Å². The third-order valence-corrected chi connectivity index (χ3v) is 5.79. The van der Waals surface area contributed by atoms with Crippen LogP contribution in [-0.4, -0.2) is 56.8 Å². The molecule has 0 aromatic carbocycles. The first kappa shape index (κ1) is 21.6. The molecule has 3 rings (SSSR count). The molecule has 2 aromatic heterocycles. The lowest BCUT2D eigenvalue weighted by molar-refractivity contribution is 0.132. The SMILES string of the molecule is CCCC(C)Oc1nc(N)c2nc(OC)n(CCC3CCCN(C(C)C)C3)c2n1. The largest absolute Gasteiger partial charge is 0.468 e. The van der Waals surface area contributed by atoms with E-state index in [1.807, 2.05) is 11.5 Å². The number of methoxy groups -OCH3 is 1. The molecule has 1 saturated heterocycles. The first-order valence-corrected chi connectivity index (χ1v) is 10.9. The predicted octanol–water partition coefficient (Wildman–Crippen LogP) is 3.50. The van der Waals surface area contributed by atoms with E-state index in [4.69, 9.17) is 15.2 Å². The number of aromatic nitrogens is 4. The second kappa shape index (κ2) is 9.61. The maximum absolute atomic E-state index is 6.16. The number of rotatable bonds is 9. The number of aryl methyl sites for hydroxylation is 1. The predicted molar refractivity (Wildman–Crippen MR) is 115 cm³/mol. The van der Waals surface area contributed by atoms with Gasteiger partial charge in [0.15, 0.2) is 17.0 Å².